The van der Waals surface area contributed by atoms with Gasteiger partial charge in [-0.05, 0) is 29.8 Å². The quantitative estimate of drug-likeness (QED) is 0.503. The molecule has 0 bridgehead atoms. The smallest absolute Gasteiger partial charge is 0.265 e. The Hall–Kier alpha value is -1.63. The Kier molecular flexibility index (Phi) is 4.73. The lowest BCUT2D eigenvalue weighted by molar-refractivity contribution is 0.0923. The number of nitrogens with two attached hydrogens (primary N) is 1. The Balaban J connectivity index is 1.95. The molecule has 2 aromatic rings. The zero-order valence-corrected chi connectivity index (χ0v) is 11.6. The first kappa shape index (κ1) is 13.8. The number of halogens is 1. The summed E-state index contributed by atoms with van der Waals surface area (Å²) in [6.45, 7) is 0.830. The van der Waals surface area contributed by atoms with Gasteiger partial charge in [-0.25, -0.2) is 5.84 Å². The van der Waals surface area contributed by atoms with Crippen LogP contribution in [0.4, 0.5) is 0 Å². The zero-order valence-electron chi connectivity index (χ0n) is 10.1. The normalized spacial score (nSPS) is 10.4. The highest BCUT2D eigenvalue weighted by molar-refractivity contribution is 9.10. The van der Waals surface area contributed by atoms with E-state index in [-0.39, 0.29) is 5.91 Å². The second kappa shape index (κ2) is 6.51. The van der Waals surface area contributed by atoms with E-state index in [0.717, 1.165) is 15.8 Å². The molecule has 1 aromatic heterocycles. The predicted octanol–water partition coefficient (Wildman–Crippen LogP) is 2.36. The Morgan fingerprint density at radius 1 is 1.37 bits per heavy atom. The molecule has 100 valence electrons. The van der Waals surface area contributed by atoms with Crippen molar-refractivity contribution in [2.24, 2.45) is 5.84 Å². The fourth-order valence-electron chi connectivity index (χ4n) is 1.55. The summed E-state index contributed by atoms with van der Waals surface area (Å²) in [6, 6.07) is 8.88. The minimum absolute atomic E-state index is 0.330. The summed E-state index contributed by atoms with van der Waals surface area (Å²) in [5.74, 6) is 5.52. The van der Waals surface area contributed by atoms with Gasteiger partial charge in [-0.2, -0.15) is 0 Å². The van der Waals surface area contributed by atoms with E-state index >= 15 is 0 Å². The van der Waals surface area contributed by atoms with Crippen molar-refractivity contribution in [3.05, 3.63) is 58.0 Å². The molecule has 0 radical (unpaired) electrons. The largest absolute Gasteiger partial charge is 0.467 e. The van der Waals surface area contributed by atoms with Crippen LogP contribution in [0.1, 0.15) is 21.7 Å². The number of carbonyl (C=O) groups excluding carboxylic acids is 1. The van der Waals surface area contributed by atoms with Crippen LogP contribution in [0, 0.1) is 0 Å². The van der Waals surface area contributed by atoms with Crippen molar-refractivity contribution in [1.29, 1.82) is 0 Å². The van der Waals surface area contributed by atoms with Crippen molar-refractivity contribution in [3.8, 4) is 0 Å². The Labute approximate surface area is 118 Å². The number of ether oxygens (including phenoxy) is 1. The standard InChI is InChI=1S/C13H13BrN2O3/c14-12-6-9(13(17)16-15)3-4-10(12)7-18-8-11-2-1-5-19-11/h1-6H,7-8,15H2,(H,16,17). The number of carbonyl (C=O) groups is 1. The van der Waals surface area contributed by atoms with Gasteiger partial charge in [-0.1, -0.05) is 22.0 Å². The number of benzene rings is 1. The van der Waals surface area contributed by atoms with E-state index in [4.69, 9.17) is 15.0 Å². The van der Waals surface area contributed by atoms with Gasteiger partial charge in [0.05, 0.1) is 12.9 Å². The summed E-state index contributed by atoms with van der Waals surface area (Å²) in [6.07, 6.45) is 1.61. The van der Waals surface area contributed by atoms with Gasteiger partial charge in [0.25, 0.3) is 5.91 Å². The van der Waals surface area contributed by atoms with Crippen LogP contribution in [0.2, 0.25) is 0 Å². The molecule has 0 aliphatic heterocycles. The van der Waals surface area contributed by atoms with Crippen LogP contribution in [0.25, 0.3) is 0 Å². The highest BCUT2D eigenvalue weighted by Gasteiger charge is 2.07. The van der Waals surface area contributed by atoms with E-state index in [0.29, 0.717) is 18.8 Å². The van der Waals surface area contributed by atoms with Crippen LogP contribution in [0.5, 0.6) is 0 Å². The first-order chi connectivity index (χ1) is 9.20. The molecule has 2 rings (SSSR count). The molecule has 1 heterocycles. The first-order valence-corrected chi connectivity index (χ1v) is 6.39. The molecule has 0 unspecified atom stereocenters. The van der Waals surface area contributed by atoms with Gasteiger partial charge in [0.2, 0.25) is 0 Å². The minimum atomic E-state index is -0.330. The van der Waals surface area contributed by atoms with Crippen molar-refractivity contribution >= 4 is 21.8 Å². The minimum Gasteiger partial charge on any atom is -0.467 e. The lowest BCUT2D eigenvalue weighted by Gasteiger charge is -2.07. The monoisotopic (exact) mass is 324 g/mol. The van der Waals surface area contributed by atoms with E-state index < -0.39 is 0 Å². The topological polar surface area (TPSA) is 77.5 Å². The number of hydrogen-bond donors (Lipinski definition) is 2. The van der Waals surface area contributed by atoms with Crippen molar-refractivity contribution in [1.82, 2.24) is 5.43 Å². The molecule has 3 N–H and O–H groups in total. The molecule has 6 heteroatoms. The number of furan rings is 1. The molecular weight excluding hydrogens is 312 g/mol. The highest BCUT2D eigenvalue weighted by atomic mass is 79.9. The maximum absolute atomic E-state index is 11.3. The van der Waals surface area contributed by atoms with Crippen molar-refractivity contribution in [3.63, 3.8) is 0 Å². The third-order valence-electron chi connectivity index (χ3n) is 2.53. The van der Waals surface area contributed by atoms with Crippen molar-refractivity contribution in [2.75, 3.05) is 0 Å². The SMILES string of the molecule is NNC(=O)c1ccc(COCc2ccco2)c(Br)c1. The lowest BCUT2D eigenvalue weighted by Crippen LogP contribution is -2.29. The van der Waals surface area contributed by atoms with Crippen LogP contribution < -0.4 is 11.3 Å². The summed E-state index contributed by atoms with van der Waals surface area (Å²) in [5.41, 5.74) is 3.52. The van der Waals surface area contributed by atoms with Crippen LogP contribution >= 0.6 is 15.9 Å². The molecule has 0 aliphatic carbocycles. The second-order valence-electron chi connectivity index (χ2n) is 3.85. The van der Waals surface area contributed by atoms with Gasteiger partial charge >= 0.3 is 0 Å². The summed E-state index contributed by atoms with van der Waals surface area (Å²) < 4.78 is 11.5. The van der Waals surface area contributed by atoms with E-state index in [2.05, 4.69) is 21.4 Å². The molecular formula is C13H13BrN2O3. The third kappa shape index (κ3) is 3.66. The average Bonchev–Trinajstić information content (AvgIpc) is 2.93. The number of nitrogen functional groups attached to an aromatic ring is 1. The number of hydrogen-bond acceptors (Lipinski definition) is 4. The predicted molar refractivity (Wildman–Crippen MR) is 73.0 cm³/mol. The Morgan fingerprint density at radius 2 is 2.21 bits per heavy atom. The Bertz CT molecular complexity index is 555. The van der Waals surface area contributed by atoms with E-state index in [1.165, 1.54) is 0 Å². The fraction of sp³-hybridized carbons (Fsp3) is 0.154. The third-order valence-corrected chi connectivity index (χ3v) is 3.27. The summed E-state index contributed by atoms with van der Waals surface area (Å²) in [5, 5.41) is 0. The van der Waals surface area contributed by atoms with Crippen molar-refractivity contribution in [2.45, 2.75) is 13.2 Å². The molecule has 1 amide bonds. The number of rotatable bonds is 5. The highest BCUT2D eigenvalue weighted by Crippen LogP contribution is 2.20. The molecule has 5 nitrogen and oxygen atoms in total. The number of hydrazine groups is 1. The van der Waals surface area contributed by atoms with Crippen LogP contribution in [0.15, 0.2) is 45.5 Å². The van der Waals surface area contributed by atoms with Gasteiger partial charge < -0.3 is 9.15 Å². The molecule has 0 atom stereocenters. The lowest BCUT2D eigenvalue weighted by atomic mass is 10.1. The average molecular weight is 325 g/mol. The van der Waals surface area contributed by atoms with Crippen LogP contribution in [-0.4, -0.2) is 5.91 Å². The van der Waals surface area contributed by atoms with E-state index in [9.17, 15) is 4.79 Å². The maximum atomic E-state index is 11.3. The second-order valence-corrected chi connectivity index (χ2v) is 4.71. The van der Waals surface area contributed by atoms with E-state index in [1.54, 1.807) is 18.4 Å². The zero-order chi connectivity index (χ0) is 13.7. The van der Waals surface area contributed by atoms with Gasteiger partial charge in [0.1, 0.15) is 12.4 Å². The van der Waals surface area contributed by atoms with Crippen LogP contribution in [0.3, 0.4) is 0 Å². The molecule has 0 fully saturated rings. The summed E-state index contributed by atoms with van der Waals surface area (Å²) in [4.78, 5) is 11.3. The van der Waals surface area contributed by atoms with Crippen molar-refractivity contribution < 1.29 is 13.9 Å². The molecule has 0 saturated heterocycles. The Morgan fingerprint density at radius 3 is 2.84 bits per heavy atom. The summed E-state index contributed by atoms with van der Waals surface area (Å²) >= 11 is 3.40. The molecule has 0 spiro atoms. The van der Waals surface area contributed by atoms with Gasteiger partial charge in [0, 0.05) is 10.0 Å². The number of nitrogens with one attached hydrogen (secondary N) is 1. The number of amides is 1. The molecule has 0 aliphatic rings. The van der Waals surface area contributed by atoms with Gasteiger partial charge in [-0.3, -0.25) is 10.2 Å². The van der Waals surface area contributed by atoms with Crippen LogP contribution in [-0.2, 0) is 18.0 Å². The van der Waals surface area contributed by atoms with E-state index in [1.807, 2.05) is 18.2 Å². The molecule has 19 heavy (non-hydrogen) atoms. The maximum Gasteiger partial charge on any atom is 0.265 e. The van der Waals surface area contributed by atoms with Gasteiger partial charge in [-0.15, -0.1) is 0 Å². The summed E-state index contributed by atoms with van der Waals surface area (Å²) in [7, 11) is 0. The molecule has 0 saturated carbocycles. The molecule has 1 aromatic carbocycles. The first-order valence-electron chi connectivity index (χ1n) is 5.60. The fourth-order valence-corrected chi connectivity index (χ4v) is 2.04. The van der Waals surface area contributed by atoms with Gasteiger partial charge in [0.15, 0.2) is 0 Å².